The Balaban J connectivity index is 1.73. The molecular formula is C22H32O3Si. The van der Waals surface area contributed by atoms with E-state index in [0.717, 1.165) is 19.3 Å². The molecule has 1 aliphatic rings. The molecule has 0 saturated carbocycles. The maximum atomic E-state index is 12.3. The lowest BCUT2D eigenvalue weighted by molar-refractivity contribution is -0.112. The maximum absolute atomic E-state index is 12.3. The average molecular weight is 373 g/mol. The van der Waals surface area contributed by atoms with Crippen LogP contribution in [0.4, 0.5) is 0 Å². The monoisotopic (exact) mass is 372 g/mol. The molecule has 2 rings (SSSR count). The van der Waals surface area contributed by atoms with Gasteiger partial charge in [0.2, 0.25) is 11.6 Å². The summed E-state index contributed by atoms with van der Waals surface area (Å²) in [7, 11) is -0.890. The number of ketones is 2. The van der Waals surface area contributed by atoms with E-state index < -0.39 is 19.6 Å². The van der Waals surface area contributed by atoms with Crippen LogP contribution in [0.3, 0.4) is 0 Å². The van der Waals surface area contributed by atoms with E-state index in [1.807, 2.05) is 0 Å². The summed E-state index contributed by atoms with van der Waals surface area (Å²) in [5.74, 6) is -1.03. The Kier molecular flexibility index (Phi) is 7.39. The second-order valence-electron chi connectivity index (χ2n) is 8.57. The summed E-state index contributed by atoms with van der Waals surface area (Å²) in [6.45, 7) is 7.27. The smallest absolute Gasteiger partial charge is 0.234 e. The summed E-state index contributed by atoms with van der Waals surface area (Å²) >= 11 is 0. The lowest BCUT2D eigenvalue weighted by atomic mass is 9.86. The first-order valence-electron chi connectivity index (χ1n) is 9.92. The quantitative estimate of drug-likeness (QED) is 0.303. The van der Waals surface area contributed by atoms with Crippen LogP contribution < -0.4 is 0 Å². The standard InChI is InChI=1S/C22H32O3Si/c1-26(2,3)16-12-8-6-4-5-7-9-15-19-20(23)17-13-10-11-14-18(17)21(24)22(19)25/h10-11,13-14,23H,4-9,12,15-16H2,1-3H3. The van der Waals surface area contributed by atoms with Gasteiger partial charge in [0, 0.05) is 24.8 Å². The summed E-state index contributed by atoms with van der Waals surface area (Å²) in [5, 5.41) is 10.4. The van der Waals surface area contributed by atoms with Crippen molar-refractivity contribution < 1.29 is 14.7 Å². The molecule has 26 heavy (non-hydrogen) atoms. The second-order valence-corrected chi connectivity index (χ2v) is 14.2. The number of hydrogen-bond acceptors (Lipinski definition) is 3. The minimum Gasteiger partial charge on any atom is -0.507 e. The Morgan fingerprint density at radius 2 is 1.31 bits per heavy atom. The van der Waals surface area contributed by atoms with Crippen molar-refractivity contribution in [3.05, 3.63) is 41.0 Å². The predicted octanol–water partition coefficient (Wildman–Crippen LogP) is 6.18. The topological polar surface area (TPSA) is 54.4 Å². The molecule has 0 aliphatic heterocycles. The van der Waals surface area contributed by atoms with Crippen LogP contribution in [-0.2, 0) is 4.79 Å². The highest BCUT2D eigenvalue weighted by atomic mass is 28.3. The zero-order valence-corrected chi connectivity index (χ0v) is 17.4. The van der Waals surface area contributed by atoms with Gasteiger partial charge in [-0.25, -0.2) is 0 Å². The van der Waals surface area contributed by atoms with Crippen LogP contribution in [0.1, 0.15) is 67.3 Å². The van der Waals surface area contributed by atoms with Crippen molar-refractivity contribution in [3.63, 3.8) is 0 Å². The van der Waals surface area contributed by atoms with Gasteiger partial charge in [-0.3, -0.25) is 9.59 Å². The van der Waals surface area contributed by atoms with Crippen molar-refractivity contribution in [2.24, 2.45) is 0 Å². The molecule has 0 heterocycles. The SMILES string of the molecule is C[Si](C)(C)CCCCCCCCCC1=C(O)c2ccccc2C(=O)C1=O. The zero-order valence-electron chi connectivity index (χ0n) is 16.4. The molecule has 0 unspecified atom stereocenters. The van der Waals surface area contributed by atoms with E-state index >= 15 is 0 Å². The molecule has 4 heteroatoms. The fraction of sp³-hybridized carbons (Fsp3) is 0.545. The van der Waals surface area contributed by atoms with E-state index in [-0.39, 0.29) is 5.76 Å². The summed E-state index contributed by atoms with van der Waals surface area (Å²) in [6.07, 6.45) is 8.70. The van der Waals surface area contributed by atoms with Crippen LogP contribution in [-0.4, -0.2) is 24.7 Å². The van der Waals surface area contributed by atoms with Gasteiger partial charge in [0.15, 0.2) is 0 Å². The fourth-order valence-corrected chi connectivity index (χ4v) is 4.80. The molecule has 0 spiro atoms. The van der Waals surface area contributed by atoms with E-state index in [1.54, 1.807) is 24.3 Å². The minimum absolute atomic E-state index is 0.00320. The van der Waals surface area contributed by atoms with Gasteiger partial charge >= 0.3 is 0 Å². The number of aliphatic hydroxyl groups excluding tert-OH is 1. The summed E-state index contributed by atoms with van der Waals surface area (Å²) in [5.41, 5.74) is 1.11. The third-order valence-electron chi connectivity index (χ3n) is 5.05. The Hall–Kier alpha value is -1.68. The van der Waals surface area contributed by atoms with Crippen LogP contribution >= 0.6 is 0 Å². The Bertz CT molecular complexity index is 683. The number of fused-ring (bicyclic) bond motifs is 1. The van der Waals surface area contributed by atoms with Gasteiger partial charge < -0.3 is 5.11 Å². The Morgan fingerprint density at radius 3 is 1.92 bits per heavy atom. The molecule has 0 amide bonds. The van der Waals surface area contributed by atoms with E-state index in [0.29, 0.717) is 23.1 Å². The van der Waals surface area contributed by atoms with Gasteiger partial charge in [0.05, 0.1) is 0 Å². The molecule has 142 valence electrons. The van der Waals surface area contributed by atoms with Crippen LogP contribution in [0.25, 0.3) is 5.76 Å². The van der Waals surface area contributed by atoms with Crippen molar-refractivity contribution in [1.82, 2.24) is 0 Å². The molecule has 0 aromatic heterocycles. The van der Waals surface area contributed by atoms with E-state index in [2.05, 4.69) is 19.6 Å². The van der Waals surface area contributed by atoms with Crippen LogP contribution in [0.15, 0.2) is 29.8 Å². The number of rotatable bonds is 10. The largest absolute Gasteiger partial charge is 0.507 e. The number of benzene rings is 1. The molecule has 0 fully saturated rings. The fourth-order valence-electron chi connectivity index (χ4n) is 3.49. The van der Waals surface area contributed by atoms with Gasteiger partial charge in [-0.15, -0.1) is 0 Å². The Morgan fingerprint density at radius 1 is 0.769 bits per heavy atom. The summed E-state index contributed by atoms with van der Waals surface area (Å²) in [6, 6.07) is 8.21. The highest BCUT2D eigenvalue weighted by molar-refractivity contribution is 6.76. The summed E-state index contributed by atoms with van der Waals surface area (Å²) < 4.78 is 0. The number of unbranched alkanes of at least 4 members (excludes halogenated alkanes) is 6. The number of carbonyl (C=O) groups is 2. The first-order valence-corrected chi connectivity index (χ1v) is 13.6. The highest BCUT2D eigenvalue weighted by Crippen LogP contribution is 2.30. The van der Waals surface area contributed by atoms with Crippen molar-refractivity contribution in [1.29, 1.82) is 0 Å². The molecule has 1 aliphatic carbocycles. The molecule has 0 atom stereocenters. The molecule has 0 saturated heterocycles. The molecule has 0 bridgehead atoms. The van der Waals surface area contributed by atoms with Crippen LogP contribution in [0, 0.1) is 0 Å². The first kappa shape index (κ1) is 20.6. The first-order chi connectivity index (χ1) is 12.3. The number of aliphatic hydroxyl groups is 1. The van der Waals surface area contributed by atoms with E-state index in [4.69, 9.17) is 0 Å². The zero-order chi connectivity index (χ0) is 19.2. The van der Waals surface area contributed by atoms with Crippen LogP contribution in [0.2, 0.25) is 25.7 Å². The third-order valence-corrected chi connectivity index (χ3v) is 6.90. The average Bonchev–Trinajstić information content (AvgIpc) is 2.60. The lowest BCUT2D eigenvalue weighted by Crippen LogP contribution is -2.24. The van der Waals surface area contributed by atoms with Gasteiger partial charge in [-0.05, 0) is 12.8 Å². The predicted molar refractivity (Wildman–Crippen MR) is 110 cm³/mol. The van der Waals surface area contributed by atoms with Gasteiger partial charge in [0.1, 0.15) is 5.76 Å². The Labute approximate surface area is 158 Å². The number of hydrogen-bond donors (Lipinski definition) is 1. The van der Waals surface area contributed by atoms with Crippen molar-refractivity contribution >= 4 is 25.4 Å². The molecule has 1 aromatic carbocycles. The van der Waals surface area contributed by atoms with Crippen molar-refractivity contribution in [2.45, 2.75) is 77.1 Å². The van der Waals surface area contributed by atoms with Gasteiger partial charge in [-0.2, -0.15) is 0 Å². The van der Waals surface area contributed by atoms with E-state index in [1.165, 1.54) is 31.7 Å². The molecular weight excluding hydrogens is 340 g/mol. The third kappa shape index (κ3) is 5.66. The van der Waals surface area contributed by atoms with Gasteiger partial charge in [0.25, 0.3) is 0 Å². The summed E-state index contributed by atoms with van der Waals surface area (Å²) in [4.78, 5) is 24.4. The molecule has 3 nitrogen and oxygen atoms in total. The van der Waals surface area contributed by atoms with E-state index in [9.17, 15) is 14.7 Å². The van der Waals surface area contributed by atoms with Gasteiger partial charge in [-0.1, -0.05) is 88.5 Å². The number of allylic oxidation sites excluding steroid dienone is 1. The molecule has 1 aromatic rings. The van der Waals surface area contributed by atoms with Crippen LogP contribution in [0.5, 0.6) is 0 Å². The lowest BCUT2D eigenvalue weighted by Gasteiger charge is -2.17. The molecule has 0 radical (unpaired) electrons. The number of carbonyl (C=O) groups excluding carboxylic acids is 2. The molecule has 1 N–H and O–H groups in total. The van der Waals surface area contributed by atoms with Crippen molar-refractivity contribution in [2.75, 3.05) is 0 Å². The maximum Gasteiger partial charge on any atom is 0.234 e. The normalized spacial score (nSPS) is 14.7. The number of Topliss-reactive ketones (excluding diaryl/α,β-unsaturated/α-hetero) is 2. The van der Waals surface area contributed by atoms with Crippen molar-refractivity contribution in [3.8, 4) is 0 Å². The minimum atomic E-state index is -0.890. The highest BCUT2D eigenvalue weighted by Gasteiger charge is 2.31. The second kappa shape index (κ2) is 9.31.